The highest BCUT2D eigenvalue weighted by Crippen LogP contribution is 2.28. The van der Waals surface area contributed by atoms with E-state index in [-0.39, 0.29) is 0 Å². The predicted molar refractivity (Wildman–Crippen MR) is 79.6 cm³/mol. The predicted octanol–water partition coefficient (Wildman–Crippen LogP) is 3.84. The molecule has 19 heavy (non-hydrogen) atoms. The average Bonchev–Trinajstić information content (AvgIpc) is 2.46. The van der Waals surface area contributed by atoms with Gasteiger partial charge in [-0.25, -0.2) is 4.98 Å². The third-order valence-corrected chi connectivity index (χ3v) is 4.38. The summed E-state index contributed by atoms with van der Waals surface area (Å²) in [5, 5.41) is 3.68. The minimum Gasteiger partial charge on any atom is -0.368 e. The lowest BCUT2D eigenvalue weighted by atomic mass is 9.89. The molecule has 1 aromatic carbocycles. The van der Waals surface area contributed by atoms with E-state index in [1.807, 2.05) is 24.3 Å². The van der Waals surface area contributed by atoms with Gasteiger partial charge < -0.3 is 5.32 Å². The van der Waals surface area contributed by atoms with Crippen LogP contribution in [0.2, 0.25) is 0 Å². The van der Waals surface area contributed by atoms with Crippen LogP contribution in [0, 0.1) is 5.92 Å². The van der Waals surface area contributed by atoms with Crippen LogP contribution in [0.1, 0.15) is 25.7 Å². The van der Waals surface area contributed by atoms with Crippen molar-refractivity contribution in [1.29, 1.82) is 0 Å². The van der Waals surface area contributed by atoms with Gasteiger partial charge in [-0.05, 0) is 30.9 Å². The highest BCUT2D eigenvalue weighted by molar-refractivity contribution is 6.20. The van der Waals surface area contributed by atoms with Crippen LogP contribution >= 0.6 is 11.6 Å². The summed E-state index contributed by atoms with van der Waals surface area (Å²) in [5.74, 6) is 1.39. The first-order valence-corrected chi connectivity index (χ1v) is 7.36. The van der Waals surface area contributed by atoms with Crippen LogP contribution in [0.5, 0.6) is 0 Å². The Labute approximate surface area is 118 Å². The fourth-order valence-electron chi connectivity index (χ4n) is 2.67. The van der Waals surface area contributed by atoms with Gasteiger partial charge in [-0.15, -0.1) is 11.6 Å². The molecule has 100 valence electrons. The number of anilines is 1. The van der Waals surface area contributed by atoms with Gasteiger partial charge in [0.15, 0.2) is 0 Å². The van der Waals surface area contributed by atoms with Gasteiger partial charge in [0.05, 0.1) is 17.2 Å². The number of fused-ring (bicyclic) bond motifs is 1. The van der Waals surface area contributed by atoms with Crippen LogP contribution in [0.15, 0.2) is 30.5 Å². The maximum Gasteiger partial charge on any atom is 0.145 e. The highest BCUT2D eigenvalue weighted by atomic mass is 35.5. The number of alkyl halides is 1. The van der Waals surface area contributed by atoms with E-state index in [4.69, 9.17) is 11.6 Å². The smallest absolute Gasteiger partial charge is 0.145 e. The van der Waals surface area contributed by atoms with Gasteiger partial charge in [0, 0.05) is 11.9 Å². The molecule has 1 heterocycles. The van der Waals surface area contributed by atoms with Crippen molar-refractivity contribution in [2.75, 3.05) is 11.9 Å². The molecule has 2 unspecified atom stereocenters. The van der Waals surface area contributed by atoms with Gasteiger partial charge in [-0.2, -0.15) is 0 Å². The Kier molecular flexibility index (Phi) is 3.83. The van der Waals surface area contributed by atoms with Gasteiger partial charge in [-0.1, -0.05) is 25.0 Å². The Morgan fingerprint density at radius 3 is 2.79 bits per heavy atom. The Balaban J connectivity index is 1.67. The van der Waals surface area contributed by atoms with Gasteiger partial charge in [-0.3, -0.25) is 4.98 Å². The highest BCUT2D eigenvalue weighted by Gasteiger charge is 2.22. The number of halogens is 1. The topological polar surface area (TPSA) is 37.8 Å². The molecule has 1 aliphatic rings. The standard InChI is InChI=1S/C15H18ClN3/c16-12-6-2-1-5-11(12)9-18-15-10-17-13-7-3-4-8-14(13)19-15/h3-4,7-8,10-12H,1-2,5-6,9H2,(H,18,19). The summed E-state index contributed by atoms with van der Waals surface area (Å²) < 4.78 is 0. The normalized spacial score (nSPS) is 23.4. The van der Waals surface area contributed by atoms with E-state index in [9.17, 15) is 0 Å². The minimum absolute atomic E-state index is 0.301. The number of nitrogens with zero attached hydrogens (tertiary/aromatic N) is 2. The average molecular weight is 276 g/mol. The summed E-state index contributed by atoms with van der Waals surface area (Å²) in [6, 6.07) is 7.92. The molecule has 2 atom stereocenters. The monoisotopic (exact) mass is 275 g/mol. The SMILES string of the molecule is ClC1CCCCC1CNc1cnc2ccccc2n1. The maximum absolute atomic E-state index is 6.37. The van der Waals surface area contributed by atoms with E-state index in [1.165, 1.54) is 19.3 Å². The van der Waals surface area contributed by atoms with Crippen molar-refractivity contribution in [3.05, 3.63) is 30.5 Å². The second-order valence-corrected chi connectivity index (χ2v) is 5.75. The first-order valence-electron chi connectivity index (χ1n) is 6.92. The number of hydrogen-bond acceptors (Lipinski definition) is 3. The number of rotatable bonds is 3. The number of benzene rings is 1. The van der Waals surface area contributed by atoms with E-state index >= 15 is 0 Å². The molecule has 0 radical (unpaired) electrons. The third kappa shape index (κ3) is 2.98. The number of para-hydroxylation sites is 2. The molecular weight excluding hydrogens is 258 g/mol. The molecule has 0 bridgehead atoms. The zero-order chi connectivity index (χ0) is 13.1. The van der Waals surface area contributed by atoms with E-state index in [1.54, 1.807) is 6.20 Å². The van der Waals surface area contributed by atoms with Crippen molar-refractivity contribution in [2.24, 2.45) is 5.92 Å². The molecule has 0 amide bonds. The van der Waals surface area contributed by atoms with Gasteiger partial charge in [0.2, 0.25) is 0 Å². The molecule has 1 aromatic heterocycles. The lowest BCUT2D eigenvalue weighted by Crippen LogP contribution is -2.27. The van der Waals surface area contributed by atoms with Gasteiger partial charge in [0.25, 0.3) is 0 Å². The van der Waals surface area contributed by atoms with Crippen molar-refractivity contribution >= 4 is 28.5 Å². The third-order valence-electron chi connectivity index (χ3n) is 3.81. The van der Waals surface area contributed by atoms with Crippen LogP contribution in [0.25, 0.3) is 11.0 Å². The summed E-state index contributed by atoms with van der Waals surface area (Å²) in [6.45, 7) is 0.890. The minimum atomic E-state index is 0.301. The molecule has 3 rings (SSSR count). The number of hydrogen-bond donors (Lipinski definition) is 1. The Morgan fingerprint density at radius 1 is 1.16 bits per heavy atom. The van der Waals surface area contributed by atoms with Crippen LogP contribution in [-0.4, -0.2) is 21.9 Å². The van der Waals surface area contributed by atoms with Crippen molar-refractivity contribution < 1.29 is 0 Å². The fourth-order valence-corrected chi connectivity index (χ4v) is 3.04. The Hall–Kier alpha value is -1.35. The molecule has 0 spiro atoms. The van der Waals surface area contributed by atoms with Crippen LogP contribution in [0.4, 0.5) is 5.82 Å². The zero-order valence-corrected chi connectivity index (χ0v) is 11.6. The molecule has 4 heteroatoms. The van der Waals surface area contributed by atoms with Crippen molar-refractivity contribution in [3.8, 4) is 0 Å². The van der Waals surface area contributed by atoms with E-state index in [0.717, 1.165) is 29.8 Å². The van der Waals surface area contributed by atoms with Crippen molar-refractivity contribution in [3.63, 3.8) is 0 Å². The second kappa shape index (κ2) is 5.74. The molecule has 2 aromatic rings. The first-order chi connectivity index (χ1) is 9.33. The second-order valence-electron chi connectivity index (χ2n) is 5.19. The van der Waals surface area contributed by atoms with Gasteiger partial charge in [0.1, 0.15) is 5.82 Å². The number of aromatic nitrogens is 2. The zero-order valence-electron chi connectivity index (χ0n) is 10.8. The Morgan fingerprint density at radius 2 is 1.95 bits per heavy atom. The quantitative estimate of drug-likeness (QED) is 0.865. The summed E-state index contributed by atoms with van der Waals surface area (Å²) in [6.07, 6.45) is 6.70. The van der Waals surface area contributed by atoms with Crippen LogP contribution < -0.4 is 5.32 Å². The molecule has 1 saturated carbocycles. The molecule has 0 aliphatic heterocycles. The Bertz CT molecular complexity index is 558. The fraction of sp³-hybridized carbons (Fsp3) is 0.467. The maximum atomic E-state index is 6.37. The van der Waals surface area contributed by atoms with E-state index in [2.05, 4.69) is 15.3 Å². The molecule has 1 aliphatic carbocycles. The van der Waals surface area contributed by atoms with Crippen molar-refractivity contribution in [2.45, 2.75) is 31.1 Å². The number of nitrogens with one attached hydrogen (secondary N) is 1. The van der Waals surface area contributed by atoms with Gasteiger partial charge >= 0.3 is 0 Å². The van der Waals surface area contributed by atoms with Crippen LogP contribution in [-0.2, 0) is 0 Å². The van der Waals surface area contributed by atoms with E-state index in [0.29, 0.717) is 11.3 Å². The molecular formula is C15H18ClN3. The van der Waals surface area contributed by atoms with Crippen LogP contribution in [0.3, 0.4) is 0 Å². The molecule has 3 nitrogen and oxygen atoms in total. The van der Waals surface area contributed by atoms with E-state index < -0.39 is 0 Å². The summed E-state index contributed by atoms with van der Waals surface area (Å²) in [4.78, 5) is 8.97. The summed E-state index contributed by atoms with van der Waals surface area (Å²) in [5.41, 5.74) is 1.86. The largest absolute Gasteiger partial charge is 0.368 e. The molecule has 1 N–H and O–H groups in total. The molecule has 1 fully saturated rings. The summed E-state index contributed by atoms with van der Waals surface area (Å²) in [7, 11) is 0. The lowest BCUT2D eigenvalue weighted by Gasteiger charge is -2.27. The first kappa shape index (κ1) is 12.7. The molecule has 0 saturated heterocycles. The lowest BCUT2D eigenvalue weighted by molar-refractivity contribution is 0.380. The van der Waals surface area contributed by atoms with Crippen molar-refractivity contribution in [1.82, 2.24) is 9.97 Å². The summed E-state index contributed by atoms with van der Waals surface area (Å²) >= 11 is 6.37.